The summed E-state index contributed by atoms with van der Waals surface area (Å²) in [4.78, 5) is 21.7. The van der Waals surface area contributed by atoms with Gasteiger partial charge in [-0.1, -0.05) is 0 Å². The van der Waals surface area contributed by atoms with Gasteiger partial charge in [0.1, 0.15) is 12.4 Å². The van der Waals surface area contributed by atoms with Gasteiger partial charge in [-0.25, -0.2) is 0 Å². The summed E-state index contributed by atoms with van der Waals surface area (Å²) in [5.41, 5.74) is -0.423. The van der Waals surface area contributed by atoms with Gasteiger partial charge in [0.25, 0.3) is 0 Å². The standard InChI is InChI=1S/C8H12O3/c1-6(9)8(2)4-3-7(10)11-5-8/h3-5H2,1-2H3. The molecule has 11 heavy (non-hydrogen) atoms. The maximum atomic E-state index is 11.0. The van der Waals surface area contributed by atoms with Crippen LogP contribution in [0.25, 0.3) is 0 Å². The molecule has 0 aliphatic carbocycles. The number of hydrogen-bond acceptors (Lipinski definition) is 3. The van der Waals surface area contributed by atoms with Gasteiger partial charge in [-0.3, -0.25) is 9.59 Å². The molecule has 62 valence electrons. The maximum Gasteiger partial charge on any atom is 0.305 e. The van der Waals surface area contributed by atoms with Gasteiger partial charge >= 0.3 is 5.97 Å². The zero-order valence-electron chi connectivity index (χ0n) is 6.85. The lowest BCUT2D eigenvalue weighted by Crippen LogP contribution is -2.36. The molecule has 1 saturated heterocycles. The number of rotatable bonds is 1. The fraction of sp³-hybridized carbons (Fsp3) is 0.750. The molecule has 0 bridgehead atoms. The number of carbonyl (C=O) groups is 2. The quantitative estimate of drug-likeness (QED) is 0.530. The van der Waals surface area contributed by atoms with Gasteiger partial charge in [-0.2, -0.15) is 0 Å². The van der Waals surface area contributed by atoms with E-state index in [9.17, 15) is 9.59 Å². The number of esters is 1. The van der Waals surface area contributed by atoms with E-state index in [0.29, 0.717) is 12.8 Å². The highest BCUT2D eigenvalue weighted by molar-refractivity contribution is 5.84. The van der Waals surface area contributed by atoms with Crippen molar-refractivity contribution in [1.29, 1.82) is 0 Å². The summed E-state index contributed by atoms with van der Waals surface area (Å²) >= 11 is 0. The SMILES string of the molecule is CC(=O)C1(C)CCC(=O)OC1. The minimum Gasteiger partial charge on any atom is -0.465 e. The van der Waals surface area contributed by atoms with Crippen LogP contribution in [0.15, 0.2) is 0 Å². The van der Waals surface area contributed by atoms with Crippen LogP contribution in [0.5, 0.6) is 0 Å². The monoisotopic (exact) mass is 156 g/mol. The Kier molecular flexibility index (Phi) is 1.98. The summed E-state index contributed by atoms with van der Waals surface area (Å²) in [6, 6.07) is 0. The number of hydrogen-bond donors (Lipinski definition) is 0. The molecule has 0 spiro atoms. The number of carbonyl (C=O) groups excluding carboxylic acids is 2. The van der Waals surface area contributed by atoms with Crippen LogP contribution < -0.4 is 0 Å². The minimum atomic E-state index is -0.423. The number of ether oxygens (including phenoxy) is 1. The number of cyclic esters (lactones) is 1. The van der Waals surface area contributed by atoms with Crippen molar-refractivity contribution in [3.8, 4) is 0 Å². The molecule has 1 fully saturated rings. The van der Waals surface area contributed by atoms with Crippen molar-refractivity contribution >= 4 is 11.8 Å². The second-order valence-electron chi connectivity index (χ2n) is 3.28. The lowest BCUT2D eigenvalue weighted by molar-refractivity contribution is -0.156. The molecule has 1 atom stereocenters. The van der Waals surface area contributed by atoms with Crippen molar-refractivity contribution in [2.45, 2.75) is 26.7 Å². The van der Waals surface area contributed by atoms with E-state index in [1.165, 1.54) is 0 Å². The van der Waals surface area contributed by atoms with E-state index < -0.39 is 5.41 Å². The molecule has 0 N–H and O–H groups in total. The highest BCUT2D eigenvalue weighted by Gasteiger charge is 2.35. The molecule has 0 amide bonds. The maximum absolute atomic E-state index is 11.0. The molecule has 0 aromatic rings. The third-order valence-corrected chi connectivity index (χ3v) is 2.28. The molecule has 1 rings (SSSR count). The van der Waals surface area contributed by atoms with Crippen LogP contribution in [0.3, 0.4) is 0 Å². The van der Waals surface area contributed by atoms with Crippen molar-refractivity contribution < 1.29 is 14.3 Å². The molecule has 1 aliphatic rings. The first-order valence-corrected chi connectivity index (χ1v) is 3.71. The number of Topliss-reactive ketones (excluding diaryl/α,β-unsaturated/α-hetero) is 1. The van der Waals surface area contributed by atoms with Crippen LogP contribution in [-0.2, 0) is 14.3 Å². The Morgan fingerprint density at radius 1 is 1.64 bits per heavy atom. The van der Waals surface area contributed by atoms with Gasteiger partial charge in [-0.05, 0) is 20.3 Å². The van der Waals surface area contributed by atoms with E-state index in [1.807, 2.05) is 6.92 Å². The second kappa shape index (κ2) is 2.64. The fourth-order valence-corrected chi connectivity index (χ4v) is 1.04. The molecule has 0 saturated carbocycles. The van der Waals surface area contributed by atoms with Gasteiger partial charge in [0.2, 0.25) is 0 Å². The van der Waals surface area contributed by atoms with Crippen LogP contribution in [0, 0.1) is 5.41 Å². The van der Waals surface area contributed by atoms with Crippen molar-refractivity contribution in [2.24, 2.45) is 5.41 Å². The smallest absolute Gasteiger partial charge is 0.305 e. The molecule has 1 heterocycles. The lowest BCUT2D eigenvalue weighted by atomic mass is 9.81. The molecule has 3 heteroatoms. The first-order valence-electron chi connectivity index (χ1n) is 3.71. The Labute approximate surface area is 65.7 Å². The van der Waals surface area contributed by atoms with Gasteiger partial charge in [-0.15, -0.1) is 0 Å². The summed E-state index contributed by atoms with van der Waals surface area (Å²) in [5.74, 6) is -0.0891. The molecule has 0 aromatic carbocycles. The van der Waals surface area contributed by atoms with Crippen LogP contribution in [0.1, 0.15) is 26.7 Å². The van der Waals surface area contributed by atoms with E-state index >= 15 is 0 Å². The Morgan fingerprint density at radius 3 is 2.64 bits per heavy atom. The zero-order chi connectivity index (χ0) is 8.48. The molecule has 1 unspecified atom stereocenters. The molecule has 0 radical (unpaired) electrons. The van der Waals surface area contributed by atoms with E-state index in [-0.39, 0.29) is 18.4 Å². The van der Waals surface area contributed by atoms with Gasteiger partial charge in [0.05, 0.1) is 5.41 Å². The summed E-state index contributed by atoms with van der Waals surface area (Å²) in [6.45, 7) is 3.63. The summed E-state index contributed by atoms with van der Waals surface area (Å²) in [7, 11) is 0. The lowest BCUT2D eigenvalue weighted by Gasteiger charge is -2.29. The van der Waals surface area contributed by atoms with Crippen molar-refractivity contribution in [3.63, 3.8) is 0 Å². The molecule has 3 nitrogen and oxygen atoms in total. The van der Waals surface area contributed by atoms with Gasteiger partial charge < -0.3 is 4.74 Å². The molecule has 0 aromatic heterocycles. The summed E-state index contributed by atoms with van der Waals surface area (Å²) in [6.07, 6.45) is 0.997. The largest absolute Gasteiger partial charge is 0.465 e. The van der Waals surface area contributed by atoms with E-state index in [0.717, 1.165) is 0 Å². The van der Waals surface area contributed by atoms with Gasteiger partial charge in [0, 0.05) is 6.42 Å². The predicted octanol–water partition coefficient (Wildman–Crippen LogP) is 0.919. The highest BCUT2D eigenvalue weighted by Crippen LogP contribution is 2.28. The van der Waals surface area contributed by atoms with E-state index in [2.05, 4.69) is 0 Å². The molecule has 1 aliphatic heterocycles. The Balaban J connectivity index is 2.62. The van der Waals surface area contributed by atoms with Crippen molar-refractivity contribution in [1.82, 2.24) is 0 Å². The normalized spacial score (nSPS) is 31.3. The summed E-state index contributed by atoms with van der Waals surface area (Å²) in [5, 5.41) is 0. The average molecular weight is 156 g/mol. The molecular formula is C8H12O3. The Hall–Kier alpha value is -0.860. The Bertz CT molecular complexity index is 186. The third kappa shape index (κ3) is 1.59. The van der Waals surface area contributed by atoms with Crippen LogP contribution >= 0.6 is 0 Å². The van der Waals surface area contributed by atoms with Crippen LogP contribution in [0.4, 0.5) is 0 Å². The van der Waals surface area contributed by atoms with E-state index in [1.54, 1.807) is 6.92 Å². The summed E-state index contributed by atoms with van der Waals surface area (Å²) < 4.78 is 4.80. The first kappa shape index (κ1) is 8.24. The first-order chi connectivity index (χ1) is 5.04. The average Bonchev–Trinajstić information content (AvgIpc) is 1.95. The third-order valence-electron chi connectivity index (χ3n) is 2.28. The van der Waals surface area contributed by atoms with Crippen molar-refractivity contribution in [3.05, 3.63) is 0 Å². The highest BCUT2D eigenvalue weighted by atomic mass is 16.5. The van der Waals surface area contributed by atoms with Crippen molar-refractivity contribution in [2.75, 3.05) is 6.61 Å². The van der Waals surface area contributed by atoms with E-state index in [4.69, 9.17) is 4.74 Å². The molecular weight excluding hydrogens is 144 g/mol. The predicted molar refractivity (Wildman–Crippen MR) is 39.0 cm³/mol. The van der Waals surface area contributed by atoms with Crippen LogP contribution in [0.2, 0.25) is 0 Å². The van der Waals surface area contributed by atoms with Gasteiger partial charge in [0.15, 0.2) is 0 Å². The number of ketones is 1. The topological polar surface area (TPSA) is 43.4 Å². The second-order valence-corrected chi connectivity index (χ2v) is 3.28. The minimum absolute atomic E-state index is 0.102. The van der Waals surface area contributed by atoms with Crippen LogP contribution in [-0.4, -0.2) is 18.4 Å². The zero-order valence-corrected chi connectivity index (χ0v) is 6.85. The fourth-order valence-electron chi connectivity index (χ4n) is 1.04. The Morgan fingerprint density at radius 2 is 2.27 bits per heavy atom.